The van der Waals surface area contributed by atoms with Gasteiger partial charge in [-0.25, -0.2) is 0 Å². The van der Waals surface area contributed by atoms with Crippen molar-refractivity contribution >= 4 is 11.3 Å². The largest absolute Gasteiger partial charge is 0.389 e. The minimum absolute atomic E-state index is 0.509. The summed E-state index contributed by atoms with van der Waals surface area (Å²) in [4.78, 5) is 1.20. The third kappa shape index (κ3) is 3.11. The van der Waals surface area contributed by atoms with Crippen LogP contribution in [0.5, 0.6) is 0 Å². The Morgan fingerprint density at radius 1 is 1.35 bits per heavy atom. The predicted octanol–water partition coefficient (Wildman–Crippen LogP) is 2.92. The molecule has 0 spiro atoms. The number of rotatable bonds is 5. The van der Waals surface area contributed by atoms with Crippen LogP contribution in [0.25, 0.3) is 10.6 Å². The first-order chi connectivity index (χ1) is 9.77. The number of H-pyrrole nitrogens is 1. The Hall–Kier alpha value is -1.17. The van der Waals surface area contributed by atoms with Crippen LogP contribution >= 0.6 is 11.3 Å². The smallest absolute Gasteiger partial charge is 0.0794 e. The van der Waals surface area contributed by atoms with Crippen LogP contribution in [-0.2, 0) is 6.54 Å². The fourth-order valence-corrected chi connectivity index (χ4v) is 3.65. The summed E-state index contributed by atoms with van der Waals surface area (Å²) in [6, 6.07) is 4.14. The van der Waals surface area contributed by atoms with Crippen LogP contribution in [0.4, 0.5) is 0 Å². The molecule has 0 radical (unpaired) electrons. The fourth-order valence-electron chi connectivity index (χ4n) is 2.90. The van der Waals surface area contributed by atoms with Crippen molar-refractivity contribution in [1.82, 2.24) is 15.5 Å². The van der Waals surface area contributed by atoms with Crippen molar-refractivity contribution < 1.29 is 5.11 Å². The van der Waals surface area contributed by atoms with Gasteiger partial charge < -0.3 is 10.4 Å². The van der Waals surface area contributed by atoms with Crippen LogP contribution in [0, 0.1) is 0 Å². The molecule has 0 aromatic carbocycles. The second kappa shape index (κ2) is 6.08. The van der Waals surface area contributed by atoms with Crippen molar-refractivity contribution in [3.05, 3.63) is 29.3 Å². The lowest BCUT2D eigenvalue weighted by Crippen LogP contribution is -2.41. The van der Waals surface area contributed by atoms with Gasteiger partial charge in [0.25, 0.3) is 0 Å². The Kier molecular flexibility index (Phi) is 4.19. The SMILES string of the molecule is OC1(CNCc2cn[nH]c2-c2cccs2)CCCCC1. The summed E-state index contributed by atoms with van der Waals surface area (Å²) in [6.45, 7) is 1.41. The van der Waals surface area contributed by atoms with Crippen molar-refractivity contribution in [3.8, 4) is 10.6 Å². The Balaban J connectivity index is 1.58. The molecule has 2 aromatic heterocycles. The van der Waals surface area contributed by atoms with E-state index in [1.54, 1.807) is 11.3 Å². The second-order valence-corrected chi connectivity index (χ2v) is 6.58. The number of aromatic nitrogens is 2. The van der Waals surface area contributed by atoms with Gasteiger partial charge in [-0.05, 0) is 24.3 Å². The number of aromatic amines is 1. The Labute approximate surface area is 123 Å². The summed E-state index contributed by atoms with van der Waals surface area (Å²) in [6.07, 6.45) is 7.25. The zero-order valence-corrected chi connectivity index (χ0v) is 12.4. The maximum atomic E-state index is 10.5. The molecule has 2 aromatic rings. The van der Waals surface area contributed by atoms with E-state index in [-0.39, 0.29) is 0 Å². The van der Waals surface area contributed by atoms with Gasteiger partial charge in [-0.3, -0.25) is 5.10 Å². The number of nitrogens with one attached hydrogen (secondary N) is 2. The van der Waals surface area contributed by atoms with E-state index < -0.39 is 5.60 Å². The first-order valence-corrected chi connectivity index (χ1v) is 8.14. The molecule has 2 heterocycles. The Morgan fingerprint density at radius 3 is 2.95 bits per heavy atom. The van der Waals surface area contributed by atoms with Crippen LogP contribution in [0.2, 0.25) is 0 Å². The molecule has 0 atom stereocenters. The molecule has 1 saturated carbocycles. The van der Waals surface area contributed by atoms with Gasteiger partial charge in [-0.1, -0.05) is 25.3 Å². The van der Waals surface area contributed by atoms with Gasteiger partial charge in [0.15, 0.2) is 0 Å². The number of hydrogen-bond donors (Lipinski definition) is 3. The summed E-state index contributed by atoms with van der Waals surface area (Å²) in [5.41, 5.74) is 1.74. The predicted molar refractivity (Wildman–Crippen MR) is 81.6 cm³/mol. The van der Waals surface area contributed by atoms with E-state index >= 15 is 0 Å². The lowest BCUT2D eigenvalue weighted by atomic mass is 9.85. The molecule has 0 bridgehead atoms. The minimum Gasteiger partial charge on any atom is -0.389 e. The Morgan fingerprint density at radius 2 is 2.20 bits per heavy atom. The van der Waals surface area contributed by atoms with Crippen LogP contribution in [0.3, 0.4) is 0 Å². The molecule has 0 aliphatic heterocycles. The average Bonchev–Trinajstić information content (AvgIpc) is 3.09. The number of hydrogen-bond acceptors (Lipinski definition) is 4. The van der Waals surface area contributed by atoms with E-state index in [1.165, 1.54) is 11.3 Å². The van der Waals surface area contributed by atoms with E-state index in [4.69, 9.17) is 0 Å². The van der Waals surface area contributed by atoms with Crippen molar-refractivity contribution in [3.63, 3.8) is 0 Å². The zero-order valence-electron chi connectivity index (χ0n) is 11.6. The van der Waals surface area contributed by atoms with Crippen LogP contribution in [0.1, 0.15) is 37.7 Å². The van der Waals surface area contributed by atoms with Gasteiger partial charge in [0, 0.05) is 18.7 Å². The maximum Gasteiger partial charge on any atom is 0.0794 e. The van der Waals surface area contributed by atoms with Crippen LogP contribution < -0.4 is 5.32 Å². The fraction of sp³-hybridized carbons (Fsp3) is 0.533. The normalized spacial score (nSPS) is 18.2. The monoisotopic (exact) mass is 291 g/mol. The highest BCUT2D eigenvalue weighted by Gasteiger charge is 2.28. The third-order valence-electron chi connectivity index (χ3n) is 4.04. The number of aliphatic hydroxyl groups is 1. The van der Waals surface area contributed by atoms with Crippen molar-refractivity contribution in [2.75, 3.05) is 6.54 Å². The average molecular weight is 291 g/mol. The zero-order chi connectivity index (χ0) is 13.8. The molecule has 5 heteroatoms. The highest BCUT2D eigenvalue weighted by atomic mass is 32.1. The van der Waals surface area contributed by atoms with Crippen LogP contribution in [0.15, 0.2) is 23.7 Å². The molecule has 20 heavy (non-hydrogen) atoms. The highest BCUT2D eigenvalue weighted by Crippen LogP contribution is 2.28. The maximum absolute atomic E-state index is 10.5. The minimum atomic E-state index is -0.509. The van der Waals surface area contributed by atoms with Crippen molar-refractivity contribution in [2.24, 2.45) is 0 Å². The molecule has 4 nitrogen and oxygen atoms in total. The molecule has 3 N–H and O–H groups in total. The Bertz CT molecular complexity index is 529. The van der Waals surface area contributed by atoms with Gasteiger partial charge in [0.2, 0.25) is 0 Å². The lowest BCUT2D eigenvalue weighted by Gasteiger charge is -2.32. The van der Waals surface area contributed by atoms with Crippen molar-refractivity contribution in [2.45, 2.75) is 44.2 Å². The molecule has 1 fully saturated rings. The molecule has 1 aliphatic carbocycles. The summed E-state index contributed by atoms with van der Waals surface area (Å²) < 4.78 is 0. The number of nitrogens with zero attached hydrogens (tertiary/aromatic N) is 1. The molecule has 0 unspecified atom stereocenters. The number of thiophene rings is 1. The van der Waals surface area contributed by atoms with E-state index in [0.717, 1.165) is 43.5 Å². The van der Waals surface area contributed by atoms with Gasteiger partial charge in [-0.2, -0.15) is 5.10 Å². The lowest BCUT2D eigenvalue weighted by molar-refractivity contribution is 0.00468. The molecule has 3 rings (SSSR count). The highest BCUT2D eigenvalue weighted by molar-refractivity contribution is 7.13. The standard InChI is InChI=1S/C15H21N3OS/c19-15(6-2-1-3-7-15)11-16-9-12-10-17-18-14(12)13-5-4-8-20-13/h4-5,8,10,16,19H,1-3,6-7,9,11H2,(H,17,18). The van der Waals surface area contributed by atoms with E-state index in [2.05, 4.69) is 27.0 Å². The summed E-state index contributed by atoms with van der Waals surface area (Å²) in [7, 11) is 0. The van der Waals surface area contributed by atoms with Crippen molar-refractivity contribution in [1.29, 1.82) is 0 Å². The summed E-state index contributed by atoms with van der Waals surface area (Å²) in [5, 5.41) is 23.1. The first-order valence-electron chi connectivity index (χ1n) is 7.26. The summed E-state index contributed by atoms with van der Waals surface area (Å²) >= 11 is 1.71. The van der Waals surface area contributed by atoms with Gasteiger partial charge in [0.1, 0.15) is 0 Å². The first kappa shape index (κ1) is 13.8. The second-order valence-electron chi connectivity index (χ2n) is 5.64. The quantitative estimate of drug-likeness (QED) is 0.794. The molecule has 1 aliphatic rings. The van der Waals surface area contributed by atoms with E-state index in [9.17, 15) is 5.11 Å². The van der Waals surface area contributed by atoms with Gasteiger partial charge in [-0.15, -0.1) is 11.3 Å². The molecule has 0 amide bonds. The topological polar surface area (TPSA) is 60.9 Å². The van der Waals surface area contributed by atoms with E-state index in [1.807, 2.05) is 12.3 Å². The van der Waals surface area contributed by atoms with Crippen LogP contribution in [-0.4, -0.2) is 27.4 Å². The van der Waals surface area contributed by atoms with Gasteiger partial charge in [0.05, 0.1) is 22.4 Å². The molecular weight excluding hydrogens is 270 g/mol. The third-order valence-corrected chi connectivity index (χ3v) is 4.93. The molecule has 0 saturated heterocycles. The molecular formula is C15H21N3OS. The van der Waals surface area contributed by atoms with Gasteiger partial charge >= 0.3 is 0 Å². The summed E-state index contributed by atoms with van der Waals surface area (Å²) in [5.74, 6) is 0. The van der Waals surface area contributed by atoms with E-state index in [0.29, 0.717) is 6.54 Å². The molecule has 108 valence electrons.